The van der Waals surface area contributed by atoms with Gasteiger partial charge in [0.1, 0.15) is 18.3 Å². The number of aryl methyl sites for hydroxylation is 2. The maximum Gasteiger partial charge on any atom is 0.264 e. The second kappa shape index (κ2) is 16.8. The molecule has 10 nitrogen and oxygen atoms in total. The van der Waals surface area contributed by atoms with E-state index in [2.05, 4.69) is 5.32 Å². The van der Waals surface area contributed by atoms with Crippen LogP contribution in [-0.4, -0.2) is 65.1 Å². The van der Waals surface area contributed by atoms with Gasteiger partial charge in [0.05, 0.1) is 31.9 Å². The molecule has 11 heteroatoms. The lowest BCUT2D eigenvalue weighted by molar-refractivity contribution is -0.140. The maximum absolute atomic E-state index is 14.9. The van der Waals surface area contributed by atoms with E-state index < -0.39 is 28.5 Å². The first-order valence-electron chi connectivity index (χ1n) is 17.1. The number of carbonyl (C=O) groups excluding carboxylic acids is 2. The summed E-state index contributed by atoms with van der Waals surface area (Å²) in [6.45, 7) is 3.23. The Morgan fingerprint density at radius 3 is 2.10 bits per heavy atom. The lowest BCUT2D eigenvalue weighted by atomic mass is 10.0. The molecule has 1 fully saturated rings. The summed E-state index contributed by atoms with van der Waals surface area (Å²) < 4.78 is 46.6. The lowest BCUT2D eigenvalue weighted by Gasteiger charge is -2.34. The van der Waals surface area contributed by atoms with Gasteiger partial charge in [-0.25, -0.2) is 8.42 Å². The monoisotopic (exact) mass is 713 g/mol. The predicted octanol–water partition coefficient (Wildman–Crippen LogP) is 6.22. The van der Waals surface area contributed by atoms with Crippen LogP contribution in [0.3, 0.4) is 0 Å². The normalized spacial score (nSPS) is 13.7. The van der Waals surface area contributed by atoms with Crippen LogP contribution in [0.15, 0.2) is 95.9 Å². The number of sulfonamides is 1. The first-order chi connectivity index (χ1) is 24.5. The molecular weight excluding hydrogens is 667 g/mol. The molecule has 4 aromatic rings. The number of hydrogen-bond donors (Lipinski definition) is 1. The summed E-state index contributed by atoms with van der Waals surface area (Å²) in [7, 11) is 0.115. The molecule has 0 aromatic heterocycles. The van der Waals surface area contributed by atoms with Crippen LogP contribution in [-0.2, 0) is 32.6 Å². The SMILES string of the molecule is COc1cccc(CN(C(=O)CN(c2cc(C)cc(C)c2)S(=O)(=O)c2ccc(OC)c(OC)c2)[C@H](Cc2ccccc2)C(=O)NC2CCCC2)c1. The quantitative estimate of drug-likeness (QED) is 0.156. The Morgan fingerprint density at radius 2 is 1.45 bits per heavy atom. The van der Waals surface area contributed by atoms with Crippen molar-refractivity contribution < 1.29 is 32.2 Å². The highest BCUT2D eigenvalue weighted by atomic mass is 32.2. The van der Waals surface area contributed by atoms with Gasteiger partial charge < -0.3 is 24.4 Å². The Bertz CT molecular complexity index is 1910. The molecule has 5 rings (SSSR count). The minimum absolute atomic E-state index is 0.0155. The molecule has 0 bridgehead atoms. The number of benzene rings is 4. The molecule has 0 aliphatic heterocycles. The number of hydrogen-bond acceptors (Lipinski definition) is 7. The summed E-state index contributed by atoms with van der Waals surface area (Å²) >= 11 is 0. The summed E-state index contributed by atoms with van der Waals surface area (Å²) in [6, 6.07) is 25.7. The first-order valence-corrected chi connectivity index (χ1v) is 18.6. The molecule has 4 aromatic carbocycles. The van der Waals surface area contributed by atoms with E-state index in [4.69, 9.17) is 14.2 Å². The van der Waals surface area contributed by atoms with Gasteiger partial charge in [0, 0.05) is 25.1 Å². The smallest absolute Gasteiger partial charge is 0.264 e. The fourth-order valence-electron chi connectivity index (χ4n) is 6.62. The van der Waals surface area contributed by atoms with Crippen molar-refractivity contribution in [3.8, 4) is 17.2 Å². The van der Waals surface area contributed by atoms with Crippen LogP contribution in [0.4, 0.5) is 5.69 Å². The number of rotatable bonds is 15. The molecule has 0 spiro atoms. The fourth-order valence-corrected chi connectivity index (χ4v) is 8.03. The number of methoxy groups -OCH3 is 3. The molecule has 51 heavy (non-hydrogen) atoms. The summed E-state index contributed by atoms with van der Waals surface area (Å²) in [5.41, 5.74) is 3.59. The van der Waals surface area contributed by atoms with Gasteiger partial charge in [-0.15, -0.1) is 0 Å². The molecule has 1 atom stereocenters. The van der Waals surface area contributed by atoms with Crippen LogP contribution in [0.1, 0.15) is 47.9 Å². The standard InChI is InChI=1S/C40H47N3O7S/c1-28-20-29(2)22-33(21-28)43(51(46,47)35-18-19-37(49-4)38(25-35)50-5)27-39(44)42(26-31-14-11-17-34(23-31)48-3)36(24-30-12-7-6-8-13-30)40(45)41-32-15-9-10-16-32/h6-8,11-14,17-23,25,32,36H,9-10,15-16,24,26-27H2,1-5H3,(H,41,45)/t36-/m1/s1. The number of anilines is 1. The van der Waals surface area contributed by atoms with Gasteiger partial charge in [0.25, 0.3) is 10.0 Å². The van der Waals surface area contributed by atoms with E-state index in [9.17, 15) is 18.0 Å². The number of carbonyl (C=O) groups is 2. The van der Waals surface area contributed by atoms with E-state index in [0.717, 1.165) is 52.2 Å². The molecule has 270 valence electrons. The average molecular weight is 714 g/mol. The van der Waals surface area contributed by atoms with E-state index in [0.29, 0.717) is 17.2 Å². The number of ether oxygens (including phenoxy) is 3. The lowest BCUT2D eigenvalue weighted by Crippen LogP contribution is -2.54. The van der Waals surface area contributed by atoms with Crippen molar-refractivity contribution in [3.63, 3.8) is 0 Å². The topological polar surface area (TPSA) is 114 Å². The van der Waals surface area contributed by atoms with Crippen molar-refractivity contribution in [2.75, 3.05) is 32.2 Å². The maximum atomic E-state index is 14.9. The predicted molar refractivity (Wildman–Crippen MR) is 198 cm³/mol. The van der Waals surface area contributed by atoms with Crippen molar-refractivity contribution in [1.82, 2.24) is 10.2 Å². The second-order valence-corrected chi connectivity index (χ2v) is 14.8. The minimum Gasteiger partial charge on any atom is -0.497 e. The Hall–Kier alpha value is -5.03. The van der Waals surface area contributed by atoms with Crippen molar-refractivity contribution in [2.24, 2.45) is 0 Å². The third kappa shape index (κ3) is 9.21. The first kappa shape index (κ1) is 37.2. The van der Waals surface area contributed by atoms with E-state index in [1.807, 2.05) is 68.4 Å². The molecule has 1 saturated carbocycles. The van der Waals surface area contributed by atoms with Crippen molar-refractivity contribution in [3.05, 3.63) is 113 Å². The van der Waals surface area contributed by atoms with Gasteiger partial charge in [-0.3, -0.25) is 13.9 Å². The van der Waals surface area contributed by atoms with Crippen LogP contribution in [0.5, 0.6) is 17.2 Å². The number of nitrogens with one attached hydrogen (secondary N) is 1. The molecule has 0 unspecified atom stereocenters. The Labute approximate surface area is 301 Å². The van der Waals surface area contributed by atoms with Gasteiger partial charge in [0.2, 0.25) is 11.8 Å². The number of amides is 2. The number of nitrogens with zero attached hydrogens (tertiary/aromatic N) is 2. The average Bonchev–Trinajstić information content (AvgIpc) is 3.64. The molecule has 0 heterocycles. The molecule has 1 N–H and O–H groups in total. The van der Waals surface area contributed by atoms with Crippen LogP contribution in [0.25, 0.3) is 0 Å². The van der Waals surface area contributed by atoms with Crippen molar-refractivity contribution in [1.29, 1.82) is 0 Å². The highest BCUT2D eigenvalue weighted by molar-refractivity contribution is 7.92. The largest absolute Gasteiger partial charge is 0.497 e. The third-order valence-corrected chi connectivity index (χ3v) is 10.9. The Kier molecular flexibility index (Phi) is 12.3. The Morgan fingerprint density at radius 1 is 0.784 bits per heavy atom. The summed E-state index contributed by atoms with van der Waals surface area (Å²) in [5.74, 6) is 0.387. The third-order valence-electron chi connectivity index (χ3n) is 9.18. The summed E-state index contributed by atoms with van der Waals surface area (Å²) in [6.07, 6.45) is 4.04. The van der Waals surface area contributed by atoms with Crippen LogP contribution >= 0.6 is 0 Å². The summed E-state index contributed by atoms with van der Waals surface area (Å²) in [4.78, 5) is 30.6. The van der Waals surface area contributed by atoms with Crippen LogP contribution < -0.4 is 23.8 Å². The van der Waals surface area contributed by atoms with E-state index in [1.54, 1.807) is 25.3 Å². The van der Waals surface area contributed by atoms with Crippen LogP contribution in [0, 0.1) is 13.8 Å². The molecule has 2 amide bonds. The molecule has 1 aliphatic rings. The zero-order valence-electron chi connectivity index (χ0n) is 29.9. The minimum atomic E-state index is -4.35. The molecule has 1 aliphatic carbocycles. The van der Waals surface area contributed by atoms with Crippen molar-refractivity contribution in [2.45, 2.75) is 69.5 Å². The van der Waals surface area contributed by atoms with Gasteiger partial charge in [-0.2, -0.15) is 0 Å². The van der Waals surface area contributed by atoms with Gasteiger partial charge in [-0.05, 0) is 85.3 Å². The van der Waals surface area contributed by atoms with E-state index >= 15 is 0 Å². The Balaban J connectivity index is 1.61. The van der Waals surface area contributed by atoms with Crippen LogP contribution in [0.2, 0.25) is 0 Å². The molecule has 0 radical (unpaired) electrons. The van der Waals surface area contributed by atoms with Gasteiger partial charge in [0.15, 0.2) is 11.5 Å². The zero-order valence-corrected chi connectivity index (χ0v) is 30.7. The second-order valence-electron chi connectivity index (χ2n) is 12.9. The molecule has 0 saturated heterocycles. The van der Waals surface area contributed by atoms with E-state index in [-0.39, 0.29) is 35.6 Å². The highest BCUT2D eigenvalue weighted by Gasteiger charge is 2.36. The molecular formula is C40H47N3O7S. The highest BCUT2D eigenvalue weighted by Crippen LogP contribution is 2.33. The van der Waals surface area contributed by atoms with Gasteiger partial charge >= 0.3 is 0 Å². The van der Waals surface area contributed by atoms with Crippen molar-refractivity contribution >= 4 is 27.5 Å². The van der Waals surface area contributed by atoms with E-state index in [1.165, 1.54) is 37.3 Å². The summed E-state index contributed by atoms with van der Waals surface area (Å²) in [5, 5.41) is 3.21. The van der Waals surface area contributed by atoms with Gasteiger partial charge in [-0.1, -0.05) is 61.4 Å². The zero-order chi connectivity index (χ0) is 36.5. The fraction of sp³-hybridized carbons (Fsp3) is 0.350.